The van der Waals surface area contributed by atoms with Crippen LogP contribution in [0.2, 0.25) is 0 Å². The monoisotopic (exact) mass is 1430 g/mol. The number of pyridine rings is 10. The molecule has 0 bridgehead atoms. The summed E-state index contributed by atoms with van der Waals surface area (Å²) in [4.78, 5) is 46.0. The molecule has 5 aliphatic rings. The molecule has 0 atom stereocenters. The second-order valence-electron chi connectivity index (χ2n) is 25.6. The Morgan fingerprint density at radius 2 is 0.816 bits per heavy atom. The van der Waals surface area contributed by atoms with Gasteiger partial charge < -0.3 is 18.0 Å². The van der Waals surface area contributed by atoms with Gasteiger partial charge >= 0.3 is 5.89 Å². The quantitative estimate of drug-likeness (QED) is 0.142. The van der Waals surface area contributed by atoms with Crippen molar-refractivity contribution in [2.75, 3.05) is 0 Å². The van der Waals surface area contributed by atoms with Crippen molar-refractivity contribution in [1.29, 1.82) is 0 Å². The number of benzene rings is 1. The molecule has 0 aliphatic carbocycles. The Kier molecular flexibility index (Phi) is 12.3. The third-order valence-electron chi connectivity index (χ3n) is 20.0. The van der Waals surface area contributed by atoms with E-state index in [-0.39, 0.29) is 0 Å². The molecule has 26 rings (SSSR count). The molecule has 0 amide bonds. The van der Waals surface area contributed by atoms with Gasteiger partial charge in [0.25, 0.3) is 52.7 Å². The normalized spacial score (nSPS) is 13.5. The highest BCUT2D eigenvalue weighted by Gasteiger charge is 2.41. The van der Waals surface area contributed by atoms with Crippen molar-refractivity contribution >= 4 is 162 Å². The molecule has 490 valence electrons. The van der Waals surface area contributed by atoms with Gasteiger partial charge in [0.15, 0.2) is 46.4 Å². The van der Waals surface area contributed by atoms with E-state index in [1.807, 2.05) is 161 Å². The van der Waals surface area contributed by atoms with E-state index in [1.54, 1.807) is 42.2 Å². The number of rotatable bonds is 1. The van der Waals surface area contributed by atoms with Crippen molar-refractivity contribution in [3.8, 4) is 59.4 Å². The summed E-state index contributed by atoms with van der Waals surface area (Å²) in [5, 5.41) is 10.8. The highest BCUT2D eigenvalue weighted by Crippen LogP contribution is 2.45. The maximum atomic E-state index is 7.85. The third kappa shape index (κ3) is 8.73. The van der Waals surface area contributed by atoms with Crippen molar-refractivity contribution in [2.24, 2.45) is 14.0 Å². The van der Waals surface area contributed by atoms with Gasteiger partial charge in [-0.05, 0) is 101 Å². The van der Waals surface area contributed by atoms with E-state index in [9.17, 15) is 0 Å². The highest BCUT2D eigenvalue weighted by atomic mass is 32.2. The van der Waals surface area contributed by atoms with Crippen LogP contribution in [-0.2, 0) is 46.7 Å². The Morgan fingerprint density at radius 1 is 0.369 bits per heavy atom. The zero-order valence-electron chi connectivity index (χ0n) is 57.2. The number of aryl methyl sites for hydroxylation is 2. The summed E-state index contributed by atoms with van der Waals surface area (Å²) >= 11 is 9.14. The molecule has 0 unspecified atom stereocenters. The Morgan fingerprint density at radius 3 is 1.44 bits per heavy atom. The van der Waals surface area contributed by atoms with Crippen LogP contribution >= 0.6 is 56.7 Å². The van der Waals surface area contributed by atoms with Gasteiger partial charge in [0.2, 0.25) is 5.52 Å². The molecule has 0 saturated heterocycles. The molecule has 20 aromatic heterocycles. The number of fused-ring (bicyclic) bond motifs is 35. The molecule has 25 heteroatoms. The zero-order valence-corrected chi connectivity index (χ0v) is 58.2. The summed E-state index contributed by atoms with van der Waals surface area (Å²) in [5.41, 5.74) is 23.7. The highest BCUT2D eigenvalue weighted by molar-refractivity contribution is 7.42. The van der Waals surface area contributed by atoms with Crippen LogP contribution in [0.4, 0.5) is 0 Å². The van der Waals surface area contributed by atoms with Crippen molar-refractivity contribution < 1.29 is 35.8 Å². The average Bonchev–Trinajstić information content (AvgIpc) is 1.58. The van der Waals surface area contributed by atoms with Crippen LogP contribution in [0.1, 0.15) is 31.9 Å². The second-order valence-corrected chi connectivity index (χ2v) is 30.8. The summed E-state index contributed by atoms with van der Waals surface area (Å²) in [6, 6.07) is 30.8. The van der Waals surface area contributed by atoms with Gasteiger partial charge in [0, 0.05) is 181 Å². The number of hydrogen-bond acceptors (Lipinski definition) is 17. The number of para-hydroxylation sites is 1. The lowest BCUT2D eigenvalue weighted by Gasteiger charge is -2.04. The molecule has 20 nitrogen and oxygen atoms in total. The zero-order chi connectivity index (χ0) is 70.2. The lowest BCUT2D eigenvalue weighted by Crippen LogP contribution is -2.30. The maximum absolute atomic E-state index is 7.85. The van der Waals surface area contributed by atoms with E-state index in [1.165, 1.54) is 137 Å². The predicted molar refractivity (Wildman–Crippen MR) is 400 cm³/mol. The first-order valence-corrected chi connectivity index (χ1v) is 37.2. The first kappa shape index (κ1) is 55.6. The Hall–Kier alpha value is -12.1. The molecule has 0 N–H and O–H groups in total. The van der Waals surface area contributed by atoms with Gasteiger partial charge in [-0.1, -0.05) is 29.5 Å². The van der Waals surface area contributed by atoms with Crippen molar-refractivity contribution in [1.82, 2.24) is 63.5 Å². The Labute approximate surface area is 606 Å². The molecule has 0 fully saturated rings. The van der Waals surface area contributed by atoms with Crippen molar-refractivity contribution in [3.05, 3.63) is 243 Å². The number of nitrogens with zero attached hydrogens (tertiary/aromatic N) is 18. The first-order valence-electron chi connectivity index (χ1n) is 34.6. The third-order valence-corrected chi connectivity index (χ3v) is 26.1. The molecule has 5 aliphatic heterocycles. The molecular formula is C78H51N18O2S5+5. The molecule has 21 aromatic rings. The first-order chi connectivity index (χ1) is 52.1. The standard InChI is InChI=1S/C20H13N4S.C15H11N4O.C15H11N4S.C14H8N3OS.C14H8N3S2/c1-2-4-14(5-3-1)24-17-7-9-22-11-16(17)18-20(24)25-19-15-6-8-21-10-13(15)12-23(18)19;2*1-18-12-3-5-17-7-11(12)13-15(18)20-14-10-2-4-16-6-9(10)8-19(13)14;2*1-3-15-5-8-7-17-12-10-6-16-4-2-11(10)18-14(12)19-13(17)9(1)8/h1-11H,12H2;2*2-7H,8H2,1H3;2*1-6H,7H2/q5*+1/i;1D3;;;. The lowest BCUT2D eigenvalue weighted by atomic mass is 10.2. The SMILES string of the molecule is Cn1c2ccncc2c2c1sc1[n+]2Cc2cnccc2-1.[2H]C([2H])([2H])n1c2ccncc2c2c1oc1[n+]2Cc2cnccc2-1.c1cc2c(cn1)C[n+]1c-2sc2oc3ccncc3c21.c1cc2c(cn1)C[n+]1c-2sc2sc3ccncc3c21.c1ccc(-n2c3ccncc3c3c2sc2[n+]3Cc3cnccc3-2)cc1. The summed E-state index contributed by atoms with van der Waals surface area (Å²) in [5.74, 6) is 0.663. The molecule has 0 saturated carbocycles. The topological polar surface area (TPSA) is 189 Å². The number of aromatic nitrogens is 18. The summed E-state index contributed by atoms with van der Waals surface area (Å²) < 4.78 is 55.6. The molecule has 25 heterocycles. The van der Waals surface area contributed by atoms with Gasteiger partial charge in [-0.2, -0.15) is 18.3 Å². The average molecular weight is 1440 g/mol. The number of thiazole rings is 4. The Bertz CT molecular complexity index is 7100. The minimum absolute atomic E-state index is 0.352. The van der Waals surface area contributed by atoms with Gasteiger partial charge in [-0.15, -0.1) is 15.9 Å². The molecule has 0 spiro atoms. The molecule has 103 heavy (non-hydrogen) atoms. The summed E-state index contributed by atoms with van der Waals surface area (Å²) in [6.45, 7) is 1.87. The number of thiophene rings is 1. The number of hydrogen-bond donors (Lipinski definition) is 0. The number of furan rings is 1. The number of oxazole rings is 1. The van der Waals surface area contributed by atoms with Gasteiger partial charge in [-0.25, -0.2) is 0 Å². The van der Waals surface area contributed by atoms with Gasteiger partial charge in [0.05, 0.1) is 71.5 Å². The fraction of sp³-hybridized carbons (Fsp3) is 0.0897. The summed E-state index contributed by atoms with van der Waals surface area (Å²) in [6.07, 6.45) is 37.3. The van der Waals surface area contributed by atoms with Crippen LogP contribution in [0, 0.1) is 0 Å². The lowest BCUT2D eigenvalue weighted by molar-refractivity contribution is -0.648. The van der Waals surface area contributed by atoms with Crippen LogP contribution in [0.3, 0.4) is 0 Å². The van der Waals surface area contributed by atoms with Crippen LogP contribution < -0.4 is 22.8 Å². The second kappa shape index (κ2) is 22.7. The van der Waals surface area contributed by atoms with Gasteiger partial charge in [-0.3, -0.25) is 54.4 Å². The van der Waals surface area contributed by atoms with E-state index in [0.29, 0.717) is 23.7 Å². The van der Waals surface area contributed by atoms with Crippen LogP contribution in [0.15, 0.2) is 224 Å². The van der Waals surface area contributed by atoms with E-state index < -0.39 is 6.98 Å². The van der Waals surface area contributed by atoms with Crippen LogP contribution in [0.25, 0.3) is 165 Å². The van der Waals surface area contributed by atoms with Crippen LogP contribution in [-0.4, -0.2) is 63.5 Å². The van der Waals surface area contributed by atoms with Crippen LogP contribution in [0.5, 0.6) is 0 Å². The predicted octanol–water partition coefficient (Wildman–Crippen LogP) is 14.5. The summed E-state index contributed by atoms with van der Waals surface area (Å²) in [7, 11) is 2.13. The minimum Gasteiger partial charge on any atom is -0.439 e. The van der Waals surface area contributed by atoms with E-state index in [0.717, 1.165) is 69.6 Å². The van der Waals surface area contributed by atoms with Gasteiger partial charge in [0.1, 0.15) is 11.0 Å². The fourth-order valence-corrected chi connectivity index (χ4v) is 22.0. The molecule has 1 aromatic carbocycles. The van der Waals surface area contributed by atoms with Crippen molar-refractivity contribution in [3.63, 3.8) is 0 Å². The maximum Gasteiger partial charge on any atom is 0.383 e. The largest absolute Gasteiger partial charge is 0.439 e. The molecule has 0 radical (unpaired) electrons. The Balaban J connectivity index is 0.0000000830. The van der Waals surface area contributed by atoms with E-state index in [4.69, 9.17) is 12.9 Å². The van der Waals surface area contributed by atoms with E-state index >= 15 is 0 Å². The molecular weight excluding hydrogens is 1380 g/mol. The smallest absolute Gasteiger partial charge is 0.383 e. The minimum atomic E-state index is -2.32. The van der Waals surface area contributed by atoms with Crippen molar-refractivity contribution in [2.45, 2.75) is 32.7 Å². The fourth-order valence-electron chi connectivity index (χ4n) is 15.5. The van der Waals surface area contributed by atoms with E-state index in [2.05, 4.69) is 157 Å².